The van der Waals surface area contributed by atoms with Gasteiger partial charge in [-0.15, -0.1) is 0 Å². The molecule has 2 aliphatic rings. The number of hydrogen-bond donors (Lipinski definition) is 1. The second-order valence-corrected chi connectivity index (χ2v) is 6.67. The van der Waals surface area contributed by atoms with Gasteiger partial charge in [-0.25, -0.2) is 0 Å². The molecule has 106 valence electrons. The van der Waals surface area contributed by atoms with Crippen LogP contribution in [-0.4, -0.2) is 14.8 Å². The molecule has 0 amide bonds. The monoisotopic (exact) mass is 289 g/mol. The quantitative estimate of drug-likeness (QED) is 0.861. The molecule has 2 saturated carbocycles. The van der Waals surface area contributed by atoms with E-state index in [9.17, 15) is 0 Å². The van der Waals surface area contributed by atoms with E-state index in [1.807, 2.05) is 12.1 Å². The van der Waals surface area contributed by atoms with E-state index in [0.29, 0.717) is 10.8 Å². The highest BCUT2D eigenvalue weighted by atomic mass is 32.1. The van der Waals surface area contributed by atoms with Gasteiger partial charge in [-0.05, 0) is 68.3 Å². The molecule has 2 aromatic heterocycles. The minimum absolute atomic E-state index is 0.386. The zero-order valence-electron chi connectivity index (χ0n) is 11.6. The summed E-state index contributed by atoms with van der Waals surface area (Å²) in [6.07, 6.45) is 7.25. The molecule has 20 heavy (non-hydrogen) atoms. The summed E-state index contributed by atoms with van der Waals surface area (Å²) in [7, 11) is 0. The number of H-pyrrole nitrogens is 1. The molecule has 4 nitrogen and oxygen atoms in total. The van der Waals surface area contributed by atoms with Gasteiger partial charge in [-0.3, -0.25) is 9.67 Å². The molecule has 4 rings (SSSR count). The predicted molar refractivity (Wildman–Crippen MR) is 78.8 cm³/mol. The SMILES string of the molecule is C[C@H]([C@@H]1C[C@H]2CC[C@H]1C2)n1c(-c2ccco2)n[nH]c1=S. The molecule has 2 aromatic rings. The highest BCUT2D eigenvalue weighted by Crippen LogP contribution is 2.52. The molecule has 0 saturated heterocycles. The van der Waals surface area contributed by atoms with Crippen molar-refractivity contribution in [3.63, 3.8) is 0 Å². The molecule has 0 unspecified atom stereocenters. The lowest BCUT2D eigenvalue weighted by Gasteiger charge is -2.29. The number of furan rings is 1. The highest BCUT2D eigenvalue weighted by Gasteiger charge is 2.42. The van der Waals surface area contributed by atoms with E-state index < -0.39 is 0 Å². The van der Waals surface area contributed by atoms with Gasteiger partial charge in [-0.1, -0.05) is 6.42 Å². The lowest BCUT2D eigenvalue weighted by molar-refractivity contribution is 0.242. The van der Waals surface area contributed by atoms with Crippen molar-refractivity contribution in [2.24, 2.45) is 17.8 Å². The number of fused-ring (bicyclic) bond motifs is 2. The molecule has 2 heterocycles. The predicted octanol–water partition coefficient (Wildman–Crippen LogP) is 4.20. The Morgan fingerprint density at radius 3 is 3.00 bits per heavy atom. The summed E-state index contributed by atoms with van der Waals surface area (Å²) in [6.45, 7) is 2.28. The second-order valence-electron chi connectivity index (χ2n) is 6.28. The number of nitrogens with zero attached hydrogens (tertiary/aromatic N) is 2. The Morgan fingerprint density at radius 2 is 2.35 bits per heavy atom. The zero-order valence-corrected chi connectivity index (χ0v) is 12.4. The molecular formula is C15H19N3OS. The maximum atomic E-state index is 5.50. The summed E-state index contributed by atoms with van der Waals surface area (Å²) in [5.41, 5.74) is 0. The van der Waals surface area contributed by atoms with Crippen LogP contribution in [0.25, 0.3) is 11.6 Å². The van der Waals surface area contributed by atoms with Crippen molar-refractivity contribution in [2.75, 3.05) is 0 Å². The van der Waals surface area contributed by atoms with Gasteiger partial charge in [0.25, 0.3) is 0 Å². The molecule has 1 N–H and O–H groups in total. The van der Waals surface area contributed by atoms with E-state index in [2.05, 4.69) is 21.7 Å². The van der Waals surface area contributed by atoms with Gasteiger partial charge in [0.1, 0.15) is 0 Å². The topological polar surface area (TPSA) is 46.8 Å². The van der Waals surface area contributed by atoms with Crippen LogP contribution >= 0.6 is 12.2 Å². The van der Waals surface area contributed by atoms with E-state index in [-0.39, 0.29) is 0 Å². The first-order valence-electron chi connectivity index (χ1n) is 7.45. The van der Waals surface area contributed by atoms with Crippen molar-refractivity contribution >= 4 is 12.2 Å². The van der Waals surface area contributed by atoms with Crippen molar-refractivity contribution < 1.29 is 4.42 Å². The van der Waals surface area contributed by atoms with Crippen molar-refractivity contribution in [1.29, 1.82) is 0 Å². The van der Waals surface area contributed by atoms with E-state index in [0.717, 1.165) is 29.3 Å². The van der Waals surface area contributed by atoms with E-state index in [4.69, 9.17) is 16.6 Å². The van der Waals surface area contributed by atoms with Crippen LogP contribution in [0.2, 0.25) is 0 Å². The fraction of sp³-hybridized carbons (Fsp3) is 0.600. The largest absolute Gasteiger partial charge is 0.461 e. The van der Waals surface area contributed by atoms with Gasteiger partial charge in [0, 0.05) is 6.04 Å². The fourth-order valence-electron chi connectivity index (χ4n) is 4.34. The van der Waals surface area contributed by atoms with Gasteiger partial charge in [0.2, 0.25) is 0 Å². The smallest absolute Gasteiger partial charge is 0.198 e. The van der Waals surface area contributed by atoms with Crippen LogP contribution in [0.4, 0.5) is 0 Å². The van der Waals surface area contributed by atoms with Crippen LogP contribution in [-0.2, 0) is 0 Å². The molecule has 0 radical (unpaired) electrons. The molecule has 2 fully saturated rings. The summed E-state index contributed by atoms with van der Waals surface area (Å²) in [5, 5.41) is 7.29. The Labute approximate surface area is 123 Å². The van der Waals surface area contributed by atoms with E-state index in [1.165, 1.54) is 25.7 Å². The van der Waals surface area contributed by atoms with Crippen molar-refractivity contribution in [3.05, 3.63) is 23.2 Å². The first kappa shape index (κ1) is 12.4. The summed E-state index contributed by atoms with van der Waals surface area (Å²) in [4.78, 5) is 0. The first-order chi connectivity index (χ1) is 9.74. The molecule has 0 aromatic carbocycles. The molecule has 0 spiro atoms. The Kier molecular flexibility index (Phi) is 2.84. The van der Waals surface area contributed by atoms with Gasteiger partial charge in [-0.2, -0.15) is 5.10 Å². The molecule has 5 heteroatoms. The van der Waals surface area contributed by atoms with Gasteiger partial charge in [0.15, 0.2) is 16.4 Å². The van der Waals surface area contributed by atoms with Crippen LogP contribution in [0.1, 0.15) is 38.6 Å². The number of rotatable bonds is 3. The number of aromatic amines is 1. The first-order valence-corrected chi connectivity index (χ1v) is 7.85. The summed E-state index contributed by atoms with van der Waals surface area (Å²) in [5.74, 6) is 4.16. The molecule has 4 atom stereocenters. The van der Waals surface area contributed by atoms with E-state index in [1.54, 1.807) is 6.26 Å². The van der Waals surface area contributed by atoms with E-state index >= 15 is 0 Å². The summed E-state index contributed by atoms with van der Waals surface area (Å²) < 4.78 is 8.35. The minimum atomic E-state index is 0.386. The van der Waals surface area contributed by atoms with Crippen molar-refractivity contribution in [2.45, 2.75) is 38.6 Å². The molecular weight excluding hydrogens is 270 g/mol. The van der Waals surface area contributed by atoms with Crippen LogP contribution in [0, 0.1) is 22.5 Å². The Balaban J connectivity index is 1.71. The maximum absolute atomic E-state index is 5.50. The summed E-state index contributed by atoms with van der Waals surface area (Å²) >= 11 is 5.45. The normalized spacial score (nSPS) is 29.9. The molecule has 2 aliphatic carbocycles. The summed E-state index contributed by atoms with van der Waals surface area (Å²) in [6, 6.07) is 4.21. The third kappa shape index (κ3) is 1.79. The van der Waals surface area contributed by atoms with Crippen LogP contribution in [0.5, 0.6) is 0 Å². The number of nitrogens with one attached hydrogen (secondary N) is 1. The van der Waals surface area contributed by atoms with Gasteiger partial charge in [0.05, 0.1) is 6.26 Å². The van der Waals surface area contributed by atoms with Crippen LogP contribution < -0.4 is 0 Å². The standard InChI is InChI=1S/C15H19N3OS/c1-9(12-8-10-4-5-11(12)7-10)18-14(16-17-15(18)20)13-3-2-6-19-13/h2-3,6,9-12H,4-5,7-8H2,1H3,(H,17,20)/t9-,10+,11+,12+/m1/s1. The molecule has 0 aliphatic heterocycles. The average molecular weight is 289 g/mol. The van der Waals surface area contributed by atoms with Crippen LogP contribution in [0.15, 0.2) is 22.8 Å². The third-order valence-corrected chi connectivity index (χ3v) is 5.55. The maximum Gasteiger partial charge on any atom is 0.198 e. The Morgan fingerprint density at radius 1 is 1.45 bits per heavy atom. The fourth-order valence-corrected chi connectivity index (χ4v) is 4.64. The molecule has 2 bridgehead atoms. The van der Waals surface area contributed by atoms with Gasteiger partial charge >= 0.3 is 0 Å². The third-order valence-electron chi connectivity index (χ3n) is 5.27. The Bertz CT molecular complexity index is 657. The number of hydrogen-bond acceptors (Lipinski definition) is 3. The van der Waals surface area contributed by atoms with Gasteiger partial charge < -0.3 is 4.42 Å². The average Bonchev–Trinajstić information content (AvgIpc) is 3.21. The van der Waals surface area contributed by atoms with Crippen molar-refractivity contribution in [3.8, 4) is 11.6 Å². The number of aromatic nitrogens is 3. The highest BCUT2D eigenvalue weighted by molar-refractivity contribution is 7.71. The van der Waals surface area contributed by atoms with Crippen LogP contribution in [0.3, 0.4) is 0 Å². The second kappa shape index (κ2) is 4.58. The lowest BCUT2D eigenvalue weighted by atomic mass is 9.84. The zero-order chi connectivity index (χ0) is 13.7. The van der Waals surface area contributed by atoms with Crippen molar-refractivity contribution in [1.82, 2.24) is 14.8 Å². The minimum Gasteiger partial charge on any atom is -0.461 e. The Hall–Kier alpha value is -1.36. The lowest BCUT2D eigenvalue weighted by Crippen LogP contribution is -2.22.